The van der Waals surface area contributed by atoms with Gasteiger partial charge in [0.25, 0.3) is 0 Å². The summed E-state index contributed by atoms with van der Waals surface area (Å²) in [6.45, 7) is 2.54. The summed E-state index contributed by atoms with van der Waals surface area (Å²) in [5.41, 5.74) is 5.36. The molecule has 0 saturated carbocycles. The second kappa shape index (κ2) is 5.94. The highest BCUT2D eigenvalue weighted by Gasteiger charge is 2.05. The van der Waals surface area contributed by atoms with E-state index in [0.717, 1.165) is 0 Å². The molecule has 0 aliphatic rings. The largest absolute Gasteiger partial charge is 0.330 e. The number of rotatable bonds is 5. The van der Waals surface area contributed by atoms with Crippen LogP contribution in [0.2, 0.25) is 0 Å². The molecule has 0 aromatic rings. The van der Waals surface area contributed by atoms with Crippen molar-refractivity contribution in [3.05, 3.63) is 0 Å². The van der Waals surface area contributed by atoms with Crippen LogP contribution in [-0.4, -0.2) is 12.3 Å². The van der Waals surface area contributed by atoms with Crippen LogP contribution in [0, 0.1) is 18.3 Å². The Bertz CT molecular complexity index is 157. The maximum atomic E-state index is 11.0. The first-order valence-corrected chi connectivity index (χ1v) is 3.86. The zero-order valence-corrected chi connectivity index (χ0v) is 6.97. The van der Waals surface area contributed by atoms with E-state index in [2.05, 4.69) is 5.92 Å². The summed E-state index contributed by atoms with van der Waals surface area (Å²) in [5, 5.41) is 0. The highest BCUT2D eigenvalue weighted by molar-refractivity contribution is 5.78. The summed E-state index contributed by atoms with van der Waals surface area (Å²) in [4.78, 5) is 11.0. The maximum Gasteiger partial charge on any atom is 0.134 e. The first kappa shape index (κ1) is 10.2. The molecule has 0 aliphatic carbocycles. The fourth-order valence-corrected chi connectivity index (χ4v) is 0.786. The van der Waals surface area contributed by atoms with Crippen molar-refractivity contribution in [2.24, 2.45) is 11.7 Å². The second-order valence-corrected chi connectivity index (χ2v) is 2.79. The average Bonchev–Trinajstić information content (AvgIpc) is 2.00. The quantitative estimate of drug-likeness (QED) is 0.598. The molecule has 0 aromatic heterocycles. The molecule has 0 bridgehead atoms. The van der Waals surface area contributed by atoms with Gasteiger partial charge < -0.3 is 5.73 Å². The van der Waals surface area contributed by atoms with Crippen LogP contribution in [0.1, 0.15) is 26.2 Å². The number of terminal acetylenes is 1. The van der Waals surface area contributed by atoms with E-state index >= 15 is 0 Å². The van der Waals surface area contributed by atoms with Crippen molar-refractivity contribution in [1.82, 2.24) is 0 Å². The van der Waals surface area contributed by atoms with Gasteiger partial charge in [-0.15, -0.1) is 12.3 Å². The third kappa shape index (κ3) is 5.63. The van der Waals surface area contributed by atoms with Gasteiger partial charge in [-0.05, 0) is 12.5 Å². The van der Waals surface area contributed by atoms with Gasteiger partial charge in [0.15, 0.2) is 0 Å². The van der Waals surface area contributed by atoms with Gasteiger partial charge in [-0.2, -0.15) is 0 Å². The first-order valence-electron chi connectivity index (χ1n) is 3.86. The van der Waals surface area contributed by atoms with Gasteiger partial charge in [0, 0.05) is 19.3 Å². The fourth-order valence-electron chi connectivity index (χ4n) is 0.786. The Morgan fingerprint density at radius 1 is 1.73 bits per heavy atom. The molecule has 62 valence electrons. The number of Topliss-reactive ketones (excluding diaryl/α,β-unsaturated/α-hetero) is 1. The van der Waals surface area contributed by atoms with Gasteiger partial charge in [0.05, 0.1) is 0 Å². The standard InChI is InChI=1S/C9H15NO/c1-3-4-5-9(11)6-8(2)7-10/h1,8H,4-7,10H2,2H3. The van der Waals surface area contributed by atoms with E-state index in [1.807, 2.05) is 6.92 Å². The van der Waals surface area contributed by atoms with E-state index in [1.165, 1.54) is 0 Å². The van der Waals surface area contributed by atoms with Crippen LogP contribution in [0.5, 0.6) is 0 Å². The van der Waals surface area contributed by atoms with Crippen molar-refractivity contribution >= 4 is 5.78 Å². The Labute approximate surface area is 68.2 Å². The number of hydrogen-bond acceptors (Lipinski definition) is 2. The Kier molecular flexibility index (Phi) is 5.50. The summed E-state index contributed by atoms with van der Waals surface area (Å²) < 4.78 is 0. The summed E-state index contributed by atoms with van der Waals surface area (Å²) in [7, 11) is 0. The molecule has 2 N–H and O–H groups in total. The number of nitrogens with two attached hydrogens (primary N) is 1. The summed E-state index contributed by atoms with van der Waals surface area (Å²) >= 11 is 0. The van der Waals surface area contributed by atoms with E-state index in [0.29, 0.717) is 31.7 Å². The third-order valence-electron chi connectivity index (χ3n) is 1.53. The van der Waals surface area contributed by atoms with E-state index in [4.69, 9.17) is 12.2 Å². The van der Waals surface area contributed by atoms with Gasteiger partial charge in [-0.3, -0.25) is 4.79 Å². The normalized spacial score (nSPS) is 12.1. The summed E-state index contributed by atoms with van der Waals surface area (Å²) in [6.07, 6.45) is 6.63. The smallest absolute Gasteiger partial charge is 0.134 e. The van der Waals surface area contributed by atoms with Crippen molar-refractivity contribution in [3.8, 4) is 12.3 Å². The highest BCUT2D eigenvalue weighted by atomic mass is 16.1. The van der Waals surface area contributed by atoms with Crippen LogP contribution in [0.25, 0.3) is 0 Å². The van der Waals surface area contributed by atoms with Crippen LogP contribution >= 0.6 is 0 Å². The SMILES string of the molecule is C#CCCC(=O)CC(C)CN. The number of carbonyl (C=O) groups is 1. The maximum absolute atomic E-state index is 11.0. The molecule has 0 radical (unpaired) electrons. The summed E-state index contributed by atoms with van der Waals surface area (Å²) in [6, 6.07) is 0. The molecule has 0 aromatic carbocycles. The minimum atomic E-state index is 0.223. The number of carbonyl (C=O) groups excluding carboxylic acids is 1. The predicted molar refractivity (Wildman–Crippen MR) is 45.9 cm³/mol. The Hall–Kier alpha value is -0.810. The lowest BCUT2D eigenvalue weighted by Gasteiger charge is -2.04. The molecule has 0 saturated heterocycles. The lowest BCUT2D eigenvalue weighted by atomic mass is 10.0. The molecular weight excluding hydrogens is 138 g/mol. The molecule has 0 spiro atoms. The lowest BCUT2D eigenvalue weighted by molar-refractivity contribution is -0.119. The average molecular weight is 153 g/mol. The van der Waals surface area contributed by atoms with E-state index in [1.54, 1.807) is 0 Å². The van der Waals surface area contributed by atoms with Crippen LogP contribution in [0.4, 0.5) is 0 Å². The monoisotopic (exact) mass is 153 g/mol. The van der Waals surface area contributed by atoms with Gasteiger partial charge in [0.2, 0.25) is 0 Å². The Morgan fingerprint density at radius 2 is 2.36 bits per heavy atom. The molecule has 11 heavy (non-hydrogen) atoms. The fraction of sp³-hybridized carbons (Fsp3) is 0.667. The van der Waals surface area contributed by atoms with Crippen molar-refractivity contribution in [2.75, 3.05) is 6.54 Å². The van der Waals surface area contributed by atoms with Gasteiger partial charge in [0.1, 0.15) is 5.78 Å². The number of hydrogen-bond donors (Lipinski definition) is 1. The summed E-state index contributed by atoms with van der Waals surface area (Å²) in [5.74, 6) is 2.95. The Balaban J connectivity index is 3.45. The van der Waals surface area contributed by atoms with E-state index in [9.17, 15) is 4.79 Å². The van der Waals surface area contributed by atoms with E-state index < -0.39 is 0 Å². The van der Waals surface area contributed by atoms with Crippen molar-refractivity contribution < 1.29 is 4.79 Å². The van der Waals surface area contributed by atoms with Gasteiger partial charge >= 0.3 is 0 Å². The molecule has 2 nitrogen and oxygen atoms in total. The Morgan fingerprint density at radius 3 is 2.82 bits per heavy atom. The number of ketones is 1. The second-order valence-electron chi connectivity index (χ2n) is 2.79. The molecule has 0 rings (SSSR count). The molecule has 1 atom stereocenters. The molecule has 0 aliphatic heterocycles. The molecular formula is C9H15NO. The molecule has 0 heterocycles. The van der Waals surface area contributed by atoms with E-state index in [-0.39, 0.29) is 5.78 Å². The van der Waals surface area contributed by atoms with Gasteiger partial charge in [-0.25, -0.2) is 0 Å². The zero-order chi connectivity index (χ0) is 8.69. The molecule has 2 heteroatoms. The molecule has 0 amide bonds. The van der Waals surface area contributed by atoms with Crippen LogP contribution in [-0.2, 0) is 4.79 Å². The third-order valence-corrected chi connectivity index (χ3v) is 1.53. The highest BCUT2D eigenvalue weighted by Crippen LogP contribution is 2.03. The van der Waals surface area contributed by atoms with Crippen molar-refractivity contribution in [3.63, 3.8) is 0 Å². The van der Waals surface area contributed by atoms with Crippen molar-refractivity contribution in [2.45, 2.75) is 26.2 Å². The van der Waals surface area contributed by atoms with Gasteiger partial charge in [-0.1, -0.05) is 6.92 Å². The van der Waals surface area contributed by atoms with Crippen LogP contribution in [0.15, 0.2) is 0 Å². The van der Waals surface area contributed by atoms with Crippen LogP contribution < -0.4 is 5.73 Å². The zero-order valence-electron chi connectivity index (χ0n) is 6.97. The predicted octanol–water partition coefficient (Wildman–Crippen LogP) is 0.954. The first-order chi connectivity index (χ1) is 5.20. The lowest BCUT2D eigenvalue weighted by Crippen LogP contribution is -2.14. The molecule has 0 fully saturated rings. The minimum absolute atomic E-state index is 0.223. The van der Waals surface area contributed by atoms with Crippen LogP contribution in [0.3, 0.4) is 0 Å². The minimum Gasteiger partial charge on any atom is -0.330 e. The molecule has 1 unspecified atom stereocenters. The topological polar surface area (TPSA) is 43.1 Å². The van der Waals surface area contributed by atoms with Crippen molar-refractivity contribution in [1.29, 1.82) is 0 Å².